The molecule has 0 radical (unpaired) electrons. The highest BCUT2D eigenvalue weighted by atomic mass is 32.2. The number of thioether (sulfide) groups is 1. The molecule has 1 heterocycles. The van der Waals surface area contributed by atoms with Crippen LogP contribution in [0.5, 0.6) is 0 Å². The summed E-state index contributed by atoms with van der Waals surface area (Å²) in [7, 11) is 0. The van der Waals surface area contributed by atoms with E-state index in [1.807, 2.05) is 11.8 Å². The highest BCUT2D eigenvalue weighted by Crippen LogP contribution is 2.24. The fraction of sp³-hybridized carbons (Fsp3) is 0.333. The minimum atomic E-state index is 0.789. The Hall–Kier alpha value is -0.770. The van der Waals surface area contributed by atoms with Crippen LogP contribution in [-0.4, -0.2) is 6.04 Å². The Morgan fingerprint density at radius 1 is 1.11 bits per heavy atom. The highest BCUT2D eigenvalue weighted by molar-refractivity contribution is 7.98. The van der Waals surface area contributed by atoms with Crippen LogP contribution in [0.4, 0.5) is 0 Å². The van der Waals surface area contributed by atoms with Crippen LogP contribution in [0.25, 0.3) is 0 Å². The third-order valence-electron chi connectivity index (χ3n) is 3.08. The molecule has 2 aromatic rings. The van der Waals surface area contributed by atoms with Gasteiger partial charge in [0.05, 0.1) is 0 Å². The smallest absolute Gasteiger partial charge is 0.0240 e. The molecule has 1 aliphatic carbocycles. The van der Waals surface area contributed by atoms with E-state index in [4.69, 9.17) is 0 Å². The van der Waals surface area contributed by atoms with Crippen molar-refractivity contribution < 1.29 is 0 Å². The molecular formula is C15H17NS2. The lowest BCUT2D eigenvalue weighted by atomic mass is 10.2. The topological polar surface area (TPSA) is 12.0 Å². The summed E-state index contributed by atoms with van der Waals surface area (Å²) in [4.78, 5) is 1.36. The Kier molecular flexibility index (Phi) is 4.03. The molecule has 0 aliphatic heterocycles. The van der Waals surface area contributed by atoms with Crippen molar-refractivity contribution in [1.29, 1.82) is 0 Å². The average molecular weight is 275 g/mol. The largest absolute Gasteiger partial charge is 0.310 e. The Labute approximate surface area is 117 Å². The van der Waals surface area contributed by atoms with E-state index in [0.29, 0.717) is 0 Å². The van der Waals surface area contributed by atoms with Gasteiger partial charge in [-0.2, -0.15) is 11.3 Å². The second kappa shape index (κ2) is 5.91. The number of hydrogen-bond donors (Lipinski definition) is 1. The van der Waals surface area contributed by atoms with Crippen molar-refractivity contribution in [2.45, 2.75) is 36.1 Å². The van der Waals surface area contributed by atoms with E-state index in [2.05, 4.69) is 46.4 Å². The monoisotopic (exact) mass is 275 g/mol. The third-order valence-corrected chi connectivity index (χ3v) is 4.90. The Morgan fingerprint density at radius 3 is 2.61 bits per heavy atom. The fourth-order valence-corrected chi connectivity index (χ4v) is 3.41. The van der Waals surface area contributed by atoms with Gasteiger partial charge in [0.2, 0.25) is 0 Å². The van der Waals surface area contributed by atoms with Gasteiger partial charge in [0.1, 0.15) is 0 Å². The zero-order valence-corrected chi connectivity index (χ0v) is 11.9. The van der Waals surface area contributed by atoms with Crippen LogP contribution >= 0.6 is 23.1 Å². The summed E-state index contributed by atoms with van der Waals surface area (Å²) in [5.41, 5.74) is 2.81. The summed E-state index contributed by atoms with van der Waals surface area (Å²) in [6.07, 6.45) is 2.71. The number of thiophene rings is 1. The van der Waals surface area contributed by atoms with Gasteiger partial charge < -0.3 is 5.32 Å². The van der Waals surface area contributed by atoms with Gasteiger partial charge in [0, 0.05) is 23.2 Å². The van der Waals surface area contributed by atoms with Gasteiger partial charge in [-0.1, -0.05) is 12.1 Å². The lowest BCUT2D eigenvalue weighted by Gasteiger charge is -2.05. The minimum Gasteiger partial charge on any atom is -0.310 e. The molecule has 18 heavy (non-hydrogen) atoms. The molecule has 3 heteroatoms. The van der Waals surface area contributed by atoms with Crippen molar-refractivity contribution in [3.05, 3.63) is 52.2 Å². The normalized spacial score (nSPS) is 14.9. The second-order valence-electron chi connectivity index (χ2n) is 4.72. The molecule has 0 spiro atoms. The van der Waals surface area contributed by atoms with Gasteiger partial charge >= 0.3 is 0 Å². The quantitative estimate of drug-likeness (QED) is 0.789. The van der Waals surface area contributed by atoms with Crippen molar-refractivity contribution in [1.82, 2.24) is 5.32 Å². The maximum absolute atomic E-state index is 3.54. The fourth-order valence-electron chi connectivity index (χ4n) is 1.79. The molecule has 3 rings (SSSR count). The Morgan fingerprint density at radius 2 is 1.94 bits per heavy atom. The summed E-state index contributed by atoms with van der Waals surface area (Å²) in [6.45, 7) is 1.01. The molecule has 1 aromatic carbocycles. The summed E-state index contributed by atoms with van der Waals surface area (Å²) < 4.78 is 0. The lowest BCUT2D eigenvalue weighted by Crippen LogP contribution is -2.14. The van der Waals surface area contributed by atoms with E-state index >= 15 is 0 Å². The predicted molar refractivity (Wildman–Crippen MR) is 80.2 cm³/mol. The van der Waals surface area contributed by atoms with Gasteiger partial charge in [0.15, 0.2) is 0 Å². The van der Waals surface area contributed by atoms with E-state index in [0.717, 1.165) is 18.3 Å². The van der Waals surface area contributed by atoms with Gasteiger partial charge in [-0.15, -0.1) is 11.8 Å². The van der Waals surface area contributed by atoms with E-state index in [1.54, 1.807) is 11.3 Å². The van der Waals surface area contributed by atoms with E-state index in [1.165, 1.54) is 28.9 Å². The van der Waals surface area contributed by atoms with Gasteiger partial charge in [0.25, 0.3) is 0 Å². The first-order chi connectivity index (χ1) is 8.90. The summed E-state index contributed by atoms with van der Waals surface area (Å²) in [5.74, 6) is 1.07. The van der Waals surface area contributed by atoms with Crippen LogP contribution in [-0.2, 0) is 12.3 Å². The van der Waals surface area contributed by atoms with Crippen molar-refractivity contribution in [3.63, 3.8) is 0 Å². The van der Waals surface area contributed by atoms with Crippen molar-refractivity contribution in [2.24, 2.45) is 0 Å². The predicted octanol–water partition coefficient (Wildman–Crippen LogP) is 4.29. The second-order valence-corrected chi connectivity index (χ2v) is 6.55. The van der Waals surface area contributed by atoms with Gasteiger partial charge in [-0.25, -0.2) is 0 Å². The zero-order valence-electron chi connectivity index (χ0n) is 10.3. The zero-order chi connectivity index (χ0) is 12.2. The first-order valence-electron chi connectivity index (χ1n) is 6.36. The van der Waals surface area contributed by atoms with E-state index < -0.39 is 0 Å². The van der Waals surface area contributed by atoms with Crippen LogP contribution in [0, 0.1) is 0 Å². The summed E-state index contributed by atoms with van der Waals surface area (Å²) in [6, 6.07) is 11.9. The van der Waals surface area contributed by atoms with Crippen LogP contribution in [0.2, 0.25) is 0 Å². The van der Waals surface area contributed by atoms with E-state index in [-0.39, 0.29) is 0 Å². The molecule has 0 atom stereocenters. The average Bonchev–Trinajstić information content (AvgIpc) is 3.09. The minimum absolute atomic E-state index is 0.789. The van der Waals surface area contributed by atoms with Crippen LogP contribution in [0.1, 0.15) is 24.0 Å². The molecule has 0 unspecified atom stereocenters. The van der Waals surface area contributed by atoms with Crippen molar-refractivity contribution >= 4 is 23.1 Å². The highest BCUT2D eigenvalue weighted by Gasteiger charge is 2.19. The third kappa shape index (κ3) is 3.61. The molecule has 1 aliphatic rings. The first kappa shape index (κ1) is 12.3. The molecule has 1 saturated carbocycles. The van der Waals surface area contributed by atoms with Crippen LogP contribution in [0.3, 0.4) is 0 Å². The Balaban J connectivity index is 1.50. The summed E-state index contributed by atoms with van der Waals surface area (Å²) >= 11 is 3.68. The molecule has 1 N–H and O–H groups in total. The first-order valence-corrected chi connectivity index (χ1v) is 8.29. The molecule has 1 nitrogen and oxygen atoms in total. The molecule has 0 saturated heterocycles. The number of nitrogens with one attached hydrogen (secondary N) is 1. The van der Waals surface area contributed by atoms with Crippen molar-refractivity contribution in [3.8, 4) is 0 Å². The number of benzene rings is 1. The maximum Gasteiger partial charge on any atom is 0.0240 e. The number of rotatable bonds is 6. The van der Waals surface area contributed by atoms with Crippen LogP contribution in [0.15, 0.2) is 46.0 Å². The molecule has 0 amide bonds. The molecule has 1 aromatic heterocycles. The van der Waals surface area contributed by atoms with Gasteiger partial charge in [-0.3, -0.25) is 0 Å². The van der Waals surface area contributed by atoms with Crippen molar-refractivity contribution in [2.75, 3.05) is 0 Å². The molecule has 94 valence electrons. The molecule has 0 bridgehead atoms. The van der Waals surface area contributed by atoms with E-state index in [9.17, 15) is 0 Å². The standard InChI is InChI=1S/C15H17NS2/c1-5-15(18-11-13-7-8-17-10-13)6-2-12(1)9-16-14-3-4-14/h1-2,5-8,10,14,16H,3-4,9,11H2. The van der Waals surface area contributed by atoms with Gasteiger partial charge in [-0.05, 0) is 52.9 Å². The Bertz CT molecular complexity index is 472. The maximum atomic E-state index is 3.54. The lowest BCUT2D eigenvalue weighted by molar-refractivity contribution is 0.687. The molecule has 1 fully saturated rings. The number of hydrogen-bond acceptors (Lipinski definition) is 3. The molecular weight excluding hydrogens is 258 g/mol. The summed E-state index contributed by atoms with van der Waals surface area (Å²) in [5, 5.41) is 7.91. The van der Waals surface area contributed by atoms with Crippen LogP contribution < -0.4 is 5.32 Å². The SMILES string of the molecule is c1cc(CSc2ccc(CNC3CC3)cc2)cs1.